The van der Waals surface area contributed by atoms with Crippen molar-refractivity contribution >= 4 is 0 Å². The fourth-order valence-corrected chi connectivity index (χ4v) is 1.98. The molecule has 0 heterocycles. The van der Waals surface area contributed by atoms with Crippen LogP contribution in [0, 0.1) is 18.3 Å². The second-order valence-electron chi connectivity index (χ2n) is 3.35. The standard InChI is InChI=1S/C10H17N/c1-3-6-9-7-4-5-8-10(9)11-2/h1,9-11H,4-8H2,2H3. The van der Waals surface area contributed by atoms with Gasteiger partial charge in [0.2, 0.25) is 0 Å². The molecule has 1 aliphatic rings. The second-order valence-corrected chi connectivity index (χ2v) is 3.35. The van der Waals surface area contributed by atoms with Crippen molar-refractivity contribution in [3.05, 3.63) is 0 Å². The molecule has 0 aromatic heterocycles. The molecule has 0 aromatic carbocycles. The lowest BCUT2D eigenvalue weighted by Gasteiger charge is -2.29. The first-order valence-corrected chi connectivity index (χ1v) is 4.49. The molecule has 0 amide bonds. The third kappa shape index (κ3) is 2.24. The number of terminal acetylenes is 1. The van der Waals surface area contributed by atoms with Gasteiger partial charge in [-0.1, -0.05) is 12.8 Å². The maximum Gasteiger partial charge on any atom is 0.0129 e. The van der Waals surface area contributed by atoms with Gasteiger partial charge in [-0.15, -0.1) is 12.3 Å². The lowest BCUT2D eigenvalue weighted by Crippen LogP contribution is -2.35. The number of nitrogens with one attached hydrogen (secondary N) is 1. The minimum atomic E-state index is 0.680. The molecule has 0 aliphatic heterocycles. The lowest BCUT2D eigenvalue weighted by atomic mass is 9.83. The predicted octanol–water partition coefficient (Wildman–Crippen LogP) is 1.79. The number of rotatable bonds is 2. The third-order valence-corrected chi connectivity index (χ3v) is 2.66. The van der Waals surface area contributed by atoms with Crippen LogP contribution in [0.5, 0.6) is 0 Å². The Hall–Kier alpha value is -0.480. The molecular formula is C10H17N. The van der Waals surface area contributed by atoms with Gasteiger partial charge in [-0.05, 0) is 25.8 Å². The molecule has 0 aromatic rings. The molecule has 62 valence electrons. The largest absolute Gasteiger partial charge is 0.317 e. The van der Waals surface area contributed by atoms with Crippen LogP contribution in [-0.2, 0) is 0 Å². The van der Waals surface area contributed by atoms with E-state index in [1.54, 1.807) is 0 Å². The van der Waals surface area contributed by atoms with Crippen LogP contribution in [0.3, 0.4) is 0 Å². The van der Waals surface area contributed by atoms with Crippen molar-refractivity contribution in [1.29, 1.82) is 0 Å². The van der Waals surface area contributed by atoms with E-state index >= 15 is 0 Å². The molecule has 0 spiro atoms. The summed E-state index contributed by atoms with van der Waals surface area (Å²) in [5.41, 5.74) is 0. The molecule has 0 bridgehead atoms. The zero-order chi connectivity index (χ0) is 8.10. The molecule has 1 fully saturated rings. The molecule has 2 atom stereocenters. The fourth-order valence-electron chi connectivity index (χ4n) is 1.98. The highest BCUT2D eigenvalue weighted by atomic mass is 14.9. The third-order valence-electron chi connectivity index (χ3n) is 2.66. The summed E-state index contributed by atoms with van der Waals surface area (Å²) >= 11 is 0. The van der Waals surface area contributed by atoms with Crippen molar-refractivity contribution in [2.75, 3.05) is 7.05 Å². The lowest BCUT2D eigenvalue weighted by molar-refractivity contribution is 0.279. The van der Waals surface area contributed by atoms with Gasteiger partial charge in [-0.25, -0.2) is 0 Å². The van der Waals surface area contributed by atoms with Crippen LogP contribution < -0.4 is 5.32 Å². The maximum atomic E-state index is 5.30. The van der Waals surface area contributed by atoms with Gasteiger partial charge in [0.1, 0.15) is 0 Å². The zero-order valence-corrected chi connectivity index (χ0v) is 7.27. The van der Waals surface area contributed by atoms with Crippen LogP contribution >= 0.6 is 0 Å². The zero-order valence-electron chi connectivity index (χ0n) is 7.27. The molecule has 1 saturated carbocycles. The summed E-state index contributed by atoms with van der Waals surface area (Å²) in [4.78, 5) is 0. The minimum absolute atomic E-state index is 0.680. The van der Waals surface area contributed by atoms with E-state index in [4.69, 9.17) is 6.42 Å². The Balaban J connectivity index is 2.39. The van der Waals surface area contributed by atoms with E-state index in [2.05, 4.69) is 11.2 Å². The molecular weight excluding hydrogens is 134 g/mol. The van der Waals surface area contributed by atoms with Gasteiger partial charge in [0.05, 0.1) is 0 Å². The highest BCUT2D eigenvalue weighted by Gasteiger charge is 2.22. The van der Waals surface area contributed by atoms with Gasteiger partial charge >= 0.3 is 0 Å². The van der Waals surface area contributed by atoms with E-state index in [0.29, 0.717) is 6.04 Å². The van der Waals surface area contributed by atoms with E-state index in [-0.39, 0.29) is 0 Å². The molecule has 1 rings (SSSR count). The molecule has 1 aliphatic carbocycles. The molecule has 1 N–H and O–H groups in total. The quantitative estimate of drug-likeness (QED) is 0.593. The summed E-state index contributed by atoms with van der Waals surface area (Å²) in [7, 11) is 2.04. The van der Waals surface area contributed by atoms with Gasteiger partial charge in [0.25, 0.3) is 0 Å². The van der Waals surface area contributed by atoms with Gasteiger partial charge in [-0.3, -0.25) is 0 Å². The molecule has 11 heavy (non-hydrogen) atoms. The van der Waals surface area contributed by atoms with Gasteiger partial charge in [0, 0.05) is 12.5 Å². The smallest absolute Gasteiger partial charge is 0.0129 e. The summed E-state index contributed by atoms with van der Waals surface area (Å²) in [6.45, 7) is 0. The Kier molecular flexibility index (Phi) is 3.45. The van der Waals surface area contributed by atoms with Crippen molar-refractivity contribution in [2.24, 2.45) is 5.92 Å². The van der Waals surface area contributed by atoms with Crippen LogP contribution in [-0.4, -0.2) is 13.1 Å². The SMILES string of the molecule is C#CCC1CCCCC1NC. The summed E-state index contributed by atoms with van der Waals surface area (Å²) in [5, 5.41) is 3.34. The Morgan fingerprint density at radius 2 is 2.18 bits per heavy atom. The average molecular weight is 151 g/mol. The van der Waals surface area contributed by atoms with Gasteiger partial charge in [0.15, 0.2) is 0 Å². The van der Waals surface area contributed by atoms with Crippen molar-refractivity contribution in [2.45, 2.75) is 38.1 Å². The Morgan fingerprint density at radius 1 is 1.45 bits per heavy atom. The minimum Gasteiger partial charge on any atom is -0.317 e. The summed E-state index contributed by atoms with van der Waals surface area (Å²) in [6, 6.07) is 0.680. The van der Waals surface area contributed by atoms with Crippen LogP contribution in [0.25, 0.3) is 0 Å². The number of hydrogen-bond acceptors (Lipinski definition) is 1. The molecule has 1 heteroatoms. The monoisotopic (exact) mass is 151 g/mol. The van der Waals surface area contributed by atoms with E-state index in [0.717, 1.165) is 12.3 Å². The Labute approximate surface area is 69.6 Å². The predicted molar refractivity (Wildman–Crippen MR) is 48.3 cm³/mol. The van der Waals surface area contributed by atoms with Gasteiger partial charge in [-0.2, -0.15) is 0 Å². The van der Waals surface area contributed by atoms with E-state index in [1.165, 1.54) is 25.7 Å². The van der Waals surface area contributed by atoms with Crippen LogP contribution in [0.1, 0.15) is 32.1 Å². The highest BCUT2D eigenvalue weighted by Crippen LogP contribution is 2.26. The summed E-state index contributed by atoms with van der Waals surface area (Å²) in [6.07, 6.45) is 11.6. The van der Waals surface area contributed by atoms with Crippen molar-refractivity contribution < 1.29 is 0 Å². The topological polar surface area (TPSA) is 12.0 Å². The molecule has 2 unspecified atom stereocenters. The first kappa shape index (κ1) is 8.62. The number of hydrogen-bond donors (Lipinski definition) is 1. The van der Waals surface area contributed by atoms with Gasteiger partial charge < -0.3 is 5.32 Å². The fraction of sp³-hybridized carbons (Fsp3) is 0.800. The first-order chi connectivity index (χ1) is 5.38. The van der Waals surface area contributed by atoms with Crippen molar-refractivity contribution in [1.82, 2.24) is 5.32 Å². The van der Waals surface area contributed by atoms with E-state index in [9.17, 15) is 0 Å². The van der Waals surface area contributed by atoms with Crippen molar-refractivity contribution in [3.8, 4) is 12.3 Å². The van der Waals surface area contributed by atoms with Crippen LogP contribution in [0.4, 0.5) is 0 Å². The normalized spacial score (nSPS) is 31.3. The highest BCUT2D eigenvalue weighted by molar-refractivity contribution is 4.92. The molecule has 0 radical (unpaired) electrons. The van der Waals surface area contributed by atoms with E-state index in [1.807, 2.05) is 7.05 Å². The molecule has 0 saturated heterocycles. The Bertz CT molecular complexity index is 145. The van der Waals surface area contributed by atoms with Crippen molar-refractivity contribution in [3.63, 3.8) is 0 Å². The maximum absolute atomic E-state index is 5.30. The Morgan fingerprint density at radius 3 is 2.82 bits per heavy atom. The summed E-state index contributed by atoms with van der Waals surface area (Å²) in [5.74, 6) is 3.50. The van der Waals surface area contributed by atoms with Crippen LogP contribution in [0.15, 0.2) is 0 Å². The average Bonchev–Trinajstić information content (AvgIpc) is 2.06. The van der Waals surface area contributed by atoms with Crippen LogP contribution in [0.2, 0.25) is 0 Å². The summed E-state index contributed by atoms with van der Waals surface area (Å²) < 4.78 is 0. The molecule has 1 nitrogen and oxygen atoms in total. The first-order valence-electron chi connectivity index (χ1n) is 4.49. The second kappa shape index (κ2) is 4.41. The van der Waals surface area contributed by atoms with E-state index < -0.39 is 0 Å².